The highest BCUT2D eigenvalue weighted by atomic mass is 17.0. The fourth-order valence-corrected chi connectivity index (χ4v) is 1.63. The summed E-state index contributed by atoms with van der Waals surface area (Å²) < 4.78 is 10.1. The second-order valence-corrected chi connectivity index (χ2v) is 4.20. The summed E-state index contributed by atoms with van der Waals surface area (Å²) in [6.45, 7) is 5.35. The van der Waals surface area contributed by atoms with Gasteiger partial charge in [0, 0.05) is 6.07 Å². The standard InChI is InChI=1S/C14H17NO6/c1-4-6-13(21-15(17)18)10(2)14(16)20-12-8-5-7-11(9-12)19-3/h5,7-9,13H,2,4,6H2,1,3H3. The molecule has 0 aromatic heterocycles. The molecule has 0 heterocycles. The van der Waals surface area contributed by atoms with Crippen LogP contribution in [0.3, 0.4) is 0 Å². The molecule has 0 spiro atoms. The molecule has 0 radical (unpaired) electrons. The molecule has 0 aliphatic rings. The number of benzene rings is 1. The van der Waals surface area contributed by atoms with Gasteiger partial charge in [0.15, 0.2) is 0 Å². The molecule has 0 saturated carbocycles. The first-order valence-corrected chi connectivity index (χ1v) is 6.34. The Labute approximate surface area is 122 Å². The van der Waals surface area contributed by atoms with E-state index in [-0.39, 0.29) is 11.3 Å². The van der Waals surface area contributed by atoms with Crippen LogP contribution < -0.4 is 9.47 Å². The minimum atomic E-state index is -1.01. The Morgan fingerprint density at radius 3 is 2.67 bits per heavy atom. The zero-order valence-corrected chi connectivity index (χ0v) is 11.9. The Bertz CT molecular complexity index is 528. The summed E-state index contributed by atoms with van der Waals surface area (Å²) >= 11 is 0. The first-order valence-electron chi connectivity index (χ1n) is 6.34. The van der Waals surface area contributed by atoms with Gasteiger partial charge in [0.05, 0.1) is 12.7 Å². The van der Waals surface area contributed by atoms with E-state index < -0.39 is 17.2 Å². The van der Waals surface area contributed by atoms with Gasteiger partial charge in [0.1, 0.15) is 17.6 Å². The highest BCUT2D eigenvalue weighted by Crippen LogP contribution is 2.21. The van der Waals surface area contributed by atoms with Crippen LogP contribution in [0.4, 0.5) is 0 Å². The molecule has 1 atom stereocenters. The molecule has 1 aromatic carbocycles. The molecule has 0 N–H and O–H groups in total. The largest absolute Gasteiger partial charge is 0.497 e. The van der Waals surface area contributed by atoms with Gasteiger partial charge in [-0.2, -0.15) is 0 Å². The van der Waals surface area contributed by atoms with Crippen LogP contribution in [0, 0.1) is 10.1 Å². The molecule has 0 amide bonds. The van der Waals surface area contributed by atoms with Gasteiger partial charge in [0.25, 0.3) is 5.09 Å². The average Bonchev–Trinajstić information content (AvgIpc) is 2.45. The Morgan fingerprint density at radius 2 is 2.10 bits per heavy atom. The van der Waals surface area contributed by atoms with Crippen LogP contribution in [0.5, 0.6) is 11.5 Å². The number of carbonyl (C=O) groups is 1. The lowest BCUT2D eigenvalue weighted by atomic mass is 10.1. The summed E-state index contributed by atoms with van der Waals surface area (Å²) in [5, 5.41) is 9.49. The maximum absolute atomic E-state index is 11.9. The highest BCUT2D eigenvalue weighted by molar-refractivity contribution is 5.90. The van der Waals surface area contributed by atoms with Gasteiger partial charge in [-0.25, -0.2) is 4.79 Å². The minimum Gasteiger partial charge on any atom is -0.497 e. The number of nitrogens with zero attached hydrogens (tertiary/aromatic N) is 1. The molecule has 21 heavy (non-hydrogen) atoms. The SMILES string of the molecule is C=C(C(=O)Oc1cccc(OC)c1)C(CCC)O[N+](=O)[O-]. The molecular weight excluding hydrogens is 278 g/mol. The van der Waals surface area contributed by atoms with Crippen LogP contribution in [-0.2, 0) is 9.63 Å². The fraction of sp³-hybridized carbons (Fsp3) is 0.357. The monoisotopic (exact) mass is 295 g/mol. The summed E-state index contributed by atoms with van der Waals surface area (Å²) in [5.41, 5.74) is -0.101. The summed E-state index contributed by atoms with van der Waals surface area (Å²) in [4.78, 5) is 26.8. The van der Waals surface area contributed by atoms with Crippen LogP contribution in [-0.4, -0.2) is 24.3 Å². The number of methoxy groups -OCH3 is 1. The van der Waals surface area contributed by atoms with Crippen LogP contribution in [0.1, 0.15) is 19.8 Å². The number of rotatable bonds is 8. The third kappa shape index (κ3) is 5.13. The average molecular weight is 295 g/mol. The summed E-state index contributed by atoms with van der Waals surface area (Å²) in [6, 6.07) is 6.44. The lowest BCUT2D eigenvalue weighted by Crippen LogP contribution is -2.26. The van der Waals surface area contributed by atoms with Crippen molar-refractivity contribution < 1.29 is 24.2 Å². The molecule has 7 heteroatoms. The molecule has 0 bridgehead atoms. The second kappa shape index (κ2) is 7.88. The zero-order valence-electron chi connectivity index (χ0n) is 11.9. The predicted molar refractivity (Wildman–Crippen MR) is 74.5 cm³/mol. The van der Waals surface area contributed by atoms with Crippen LogP contribution in [0.15, 0.2) is 36.4 Å². The molecule has 0 saturated heterocycles. The van der Waals surface area contributed by atoms with Crippen molar-refractivity contribution in [1.29, 1.82) is 0 Å². The first-order chi connectivity index (χ1) is 9.97. The van der Waals surface area contributed by atoms with Gasteiger partial charge in [-0.15, -0.1) is 10.1 Å². The van der Waals surface area contributed by atoms with E-state index in [1.165, 1.54) is 13.2 Å². The molecule has 1 unspecified atom stereocenters. The Balaban J connectivity index is 2.75. The quantitative estimate of drug-likeness (QED) is 0.241. The van der Waals surface area contributed by atoms with Gasteiger partial charge < -0.3 is 14.3 Å². The van der Waals surface area contributed by atoms with E-state index in [2.05, 4.69) is 11.4 Å². The normalized spacial score (nSPS) is 11.3. The van der Waals surface area contributed by atoms with Crippen LogP contribution >= 0.6 is 0 Å². The van der Waals surface area contributed by atoms with Crippen molar-refractivity contribution in [2.24, 2.45) is 0 Å². The van der Waals surface area contributed by atoms with Gasteiger partial charge in [0.2, 0.25) is 0 Å². The van der Waals surface area contributed by atoms with Crippen molar-refractivity contribution in [2.45, 2.75) is 25.9 Å². The van der Waals surface area contributed by atoms with E-state index in [1.54, 1.807) is 18.2 Å². The van der Waals surface area contributed by atoms with E-state index in [9.17, 15) is 14.9 Å². The van der Waals surface area contributed by atoms with Gasteiger partial charge in [-0.3, -0.25) is 0 Å². The lowest BCUT2D eigenvalue weighted by molar-refractivity contribution is -0.766. The zero-order chi connectivity index (χ0) is 15.8. The Kier molecular flexibility index (Phi) is 6.19. The molecule has 0 aliphatic carbocycles. The smallest absolute Gasteiger partial charge is 0.341 e. The first kappa shape index (κ1) is 16.5. The van der Waals surface area contributed by atoms with Gasteiger partial charge in [-0.05, 0) is 18.6 Å². The van der Waals surface area contributed by atoms with Crippen molar-refractivity contribution in [2.75, 3.05) is 7.11 Å². The van der Waals surface area contributed by atoms with E-state index in [1.807, 2.05) is 6.92 Å². The van der Waals surface area contributed by atoms with E-state index >= 15 is 0 Å². The topological polar surface area (TPSA) is 87.9 Å². The summed E-state index contributed by atoms with van der Waals surface area (Å²) in [5.74, 6) is 0.0120. The molecule has 1 rings (SSSR count). The van der Waals surface area contributed by atoms with Crippen molar-refractivity contribution >= 4 is 5.97 Å². The third-order valence-electron chi connectivity index (χ3n) is 2.67. The van der Waals surface area contributed by atoms with Gasteiger partial charge in [-0.1, -0.05) is 26.0 Å². The maximum Gasteiger partial charge on any atom is 0.341 e. The minimum absolute atomic E-state index is 0.101. The van der Waals surface area contributed by atoms with Crippen molar-refractivity contribution in [3.8, 4) is 11.5 Å². The maximum atomic E-state index is 11.9. The predicted octanol–water partition coefficient (Wildman–Crippen LogP) is 2.53. The van der Waals surface area contributed by atoms with Crippen molar-refractivity contribution in [3.05, 3.63) is 46.5 Å². The molecule has 114 valence electrons. The third-order valence-corrected chi connectivity index (χ3v) is 2.67. The van der Waals surface area contributed by atoms with E-state index in [4.69, 9.17) is 9.47 Å². The summed E-state index contributed by atoms with van der Waals surface area (Å²) in [7, 11) is 1.49. The number of hydrogen-bond acceptors (Lipinski definition) is 6. The number of esters is 1. The second-order valence-electron chi connectivity index (χ2n) is 4.20. The molecule has 7 nitrogen and oxygen atoms in total. The Morgan fingerprint density at radius 1 is 1.43 bits per heavy atom. The van der Waals surface area contributed by atoms with Gasteiger partial charge >= 0.3 is 5.97 Å². The molecular formula is C14H17NO6. The highest BCUT2D eigenvalue weighted by Gasteiger charge is 2.23. The fourth-order valence-electron chi connectivity index (χ4n) is 1.63. The summed E-state index contributed by atoms with van der Waals surface area (Å²) in [6.07, 6.45) is -0.111. The van der Waals surface area contributed by atoms with Crippen LogP contribution in [0.25, 0.3) is 0 Å². The molecule has 0 fully saturated rings. The molecule has 0 aliphatic heterocycles. The Hall–Kier alpha value is -2.57. The number of carbonyl (C=O) groups excluding carboxylic acids is 1. The number of hydrogen-bond donors (Lipinski definition) is 0. The number of ether oxygens (including phenoxy) is 2. The van der Waals surface area contributed by atoms with E-state index in [0.717, 1.165) is 0 Å². The molecule has 1 aromatic rings. The van der Waals surface area contributed by atoms with Crippen molar-refractivity contribution in [3.63, 3.8) is 0 Å². The van der Waals surface area contributed by atoms with Crippen LogP contribution in [0.2, 0.25) is 0 Å². The van der Waals surface area contributed by atoms with E-state index in [0.29, 0.717) is 18.6 Å². The van der Waals surface area contributed by atoms with Crippen molar-refractivity contribution in [1.82, 2.24) is 0 Å². The lowest BCUT2D eigenvalue weighted by Gasteiger charge is -2.15.